The van der Waals surface area contributed by atoms with Gasteiger partial charge < -0.3 is 14.4 Å². The summed E-state index contributed by atoms with van der Waals surface area (Å²) in [7, 11) is -3.60. The van der Waals surface area contributed by atoms with Crippen LogP contribution in [0, 0.1) is 0 Å². The highest BCUT2D eigenvalue weighted by Gasteiger charge is 2.30. The van der Waals surface area contributed by atoms with Crippen molar-refractivity contribution in [3.05, 3.63) is 58.6 Å². The zero-order valence-electron chi connectivity index (χ0n) is 16.4. The average Bonchev–Trinajstić information content (AvgIpc) is 2.77. The second-order valence-corrected chi connectivity index (χ2v) is 9.40. The number of carbonyl (C=O) groups excluding carboxylic acids is 2. The van der Waals surface area contributed by atoms with Gasteiger partial charge in [-0.2, -0.15) is 4.31 Å². The lowest BCUT2D eigenvalue weighted by atomic mass is 10.3. The first-order chi connectivity index (χ1) is 14.8. The van der Waals surface area contributed by atoms with Crippen LogP contribution >= 0.6 is 23.2 Å². The number of piperazine rings is 1. The largest absolute Gasteiger partial charge is 0.480 e. The second kappa shape index (κ2) is 10.3. The highest BCUT2D eigenvalue weighted by Crippen LogP contribution is 2.27. The van der Waals surface area contributed by atoms with Gasteiger partial charge in [0.05, 0.1) is 9.92 Å². The molecule has 0 bridgehead atoms. The molecule has 0 N–H and O–H groups in total. The Morgan fingerprint density at radius 2 is 1.61 bits per heavy atom. The van der Waals surface area contributed by atoms with E-state index in [4.69, 9.17) is 32.7 Å². The summed E-state index contributed by atoms with van der Waals surface area (Å²) >= 11 is 11.7. The number of ether oxygens (including phenoxy) is 2. The maximum absolute atomic E-state index is 12.6. The maximum atomic E-state index is 12.6. The third kappa shape index (κ3) is 6.10. The van der Waals surface area contributed by atoms with Gasteiger partial charge in [0, 0.05) is 31.2 Å². The summed E-state index contributed by atoms with van der Waals surface area (Å²) in [5.74, 6) is -0.871. The minimum absolute atomic E-state index is 0.162. The molecule has 1 amide bonds. The van der Waals surface area contributed by atoms with Crippen LogP contribution in [-0.2, 0) is 24.3 Å². The summed E-state index contributed by atoms with van der Waals surface area (Å²) in [6.07, 6.45) is 0. The van der Waals surface area contributed by atoms with Gasteiger partial charge >= 0.3 is 5.97 Å². The Morgan fingerprint density at radius 3 is 2.26 bits per heavy atom. The molecule has 3 rings (SSSR count). The summed E-state index contributed by atoms with van der Waals surface area (Å²) in [5, 5.41) is 0.682. The lowest BCUT2D eigenvalue weighted by Gasteiger charge is -2.33. The van der Waals surface area contributed by atoms with Gasteiger partial charge in [0.15, 0.2) is 13.2 Å². The van der Waals surface area contributed by atoms with Crippen LogP contribution in [0.4, 0.5) is 0 Å². The number of carbonyl (C=O) groups is 2. The second-order valence-electron chi connectivity index (χ2n) is 6.62. The molecular formula is C20H20Cl2N2O6S. The number of sulfonamides is 1. The molecule has 0 spiro atoms. The van der Waals surface area contributed by atoms with Gasteiger partial charge in [0.25, 0.3) is 5.91 Å². The molecule has 11 heteroatoms. The predicted octanol–water partition coefficient (Wildman–Crippen LogP) is 2.45. The molecule has 1 aliphatic rings. The van der Waals surface area contributed by atoms with E-state index in [1.165, 1.54) is 33.5 Å². The van der Waals surface area contributed by atoms with Crippen molar-refractivity contribution in [3.8, 4) is 5.75 Å². The normalized spacial score (nSPS) is 14.8. The molecule has 31 heavy (non-hydrogen) atoms. The molecule has 0 saturated carbocycles. The van der Waals surface area contributed by atoms with Crippen LogP contribution in [0.3, 0.4) is 0 Å². The molecule has 1 aliphatic heterocycles. The van der Waals surface area contributed by atoms with E-state index >= 15 is 0 Å². The zero-order valence-corrected chi connectivity index (χ0v) is 18.7. The third-order valence-corrected chi connectivity index (χ3v) is 7.01. The first-order valence-corrected chi connectivity index (χ1v) is 11.5. The zero-order chi connectivity index (χ0) is 22.4. The number of amides is 1. The van der Waals surface area contributed by atoms with Crippen LogP contribution in [0.5, 0.6) is 5.75 Å². The standard InChI is InChI=1S/C20H20Cl2N2O6S/c21-15-6-7-18(17(22)12-15)29-14-20(26)30-13-19(25)23-8-10-24(11-9-23)31(27,28)16-4-2-1-3-5-16/h1-7,12H,8-11,13-14H2. The molecule has 2 aromatic carbocycles. The fourth-order valence-corrected chi connectivity index (χ4v) is 4.83. The van der Waals surface area contributed by atoms with Gasteiger partial charge in [-0.15, -0.1) is 0 Å². The smallest absolute Gasteiger partial charge is 0.344 e. The highest BCUT2D eigenvalue weighted by atomic mass is 35.5. The summed E-state index contributed by atoms with van der Waals surface area (Å²) in [6.45, 7) is -0.136. The monoisotopic (exact) mass is 486 g/mol. The van der Waals surface area contributed by atoms with Gasteiger partial charge in [0.2, 0.25) is 10.0 Å². The van der Waals surface area contributed by atoms with Crippen LogP contribution < -0.4 is 4.74 Å². The van der Waals surface area contributed by atoms with E-state index in [0.717, 1.165) is 0 Å². The summed E-state index contributed by atoms with van der Waals surface area (Å²) in [5.41, 5.74) is 0. The summed E-state index contributed by atoms with van der Waals surface area (Å²) in [6, 6.07) is 12.7. The minimum atomic E-state index is -3.60. The van der Waals surface area contributed by atoms with E-state index in [2.05, 4.69) is 0 Å². The topological polar surface area (TPSA) is 93.2 Å². The SMILES string of the molecule is O=C(COc1ccc(Cl)cc1Cl)OCC(=O)N1CCN(S(=O)(=O)c2ccccc2)CC1. The third-order valence-electron chi connectivity index (χ3n) is 4.57. The molecular weight excluding hydrogens is 467 g/mol. The number of esters is 1. The fourth-order valence-electron chi connectivity index (χ4n) is 2.92. The Kier molecular flexibility index (Phi) is 7.77. The lowest BCUT2D eigenvalue weighted by Crippen LogP contribution is -2.51. The molecule has 0 aromatic heterocycles. The molecule has 0 atom stereocenters. The fraction of sp³-hybridized carbons (Fsp3) is 0.300. The van der Waals surface area contributed by atoms with E-state index in [-0.39, 0.29) is 41.8 Å². The highest BCUT2D eigenvalue weighted by molar-refractivity contribution is 7.89. The van der Waals surface area contributed by atoms with Crippen molar-refractivity contribution >= 4 is 45.1 Å². The number of hydrogen-bond donors (Lipinski definition) is 0. The number of rotatable bonds is 7. The number of halogens is 2. The van der Waals surface area contributed by atoms with Gasteiger partial charge in [-0.25, -0.2) is 13.2 Å². The number of hydrogen-bond acceptors (Lipinski definition) is 6. The predicted molar refractivity (Wildman–Crippen MR) is 115 cm³/mol. The van der Waals surface area contributed by atoms with E-state index in [9.17, 15) is 18.0 Å². The van der Waals surface area contributed by atoms with Crippen LogP contribution in [0.2, 0.25) is 10.0 Å². The van der Waals surface area contributed by atoms with Crippen LogP contribution in [0.25, 0.3) is 0 Å². The Hall–Kier alpha value is -2.33. The molecule has 0 aliphatic carbocycles. The van der Waals surface area contributed by atoms with Gasteiger partial charge in [-0.3, -0.25) is 4.79 Å². The first kappa shape index (κ1) is 23.3. The van der Waals surface area contributed by atoms with Crippen LogP contribution in [-0.4, -0.2) is 68.9 Å². The molecule has 8 nitrogen and oxygen atoms in total. The molecule has 166 valence electrons. The van der Waals surface area contributed by atoms with Crippen molar-refractivity contribution in [1.29, 1.82) is 0 Å². The van der Waals surface area contributed by atoms with Gasteiger partial charge in [-0.1, -0.05) is 41.4 Å². The summed E-state index contributed by atoms with van der Waals surface area (Å²) < 4.78 is 36.8. The van der Waals surface area contributed by atoms with Crippen molar-refractivity contribution in [2.75, 3.05) is 39.4 Å². The first-order valence-electron chi connectivity index (χ1n) is 9.34. The Labute approximate surface area is 190 Å². The van der Waals surface area contributed by atoms with Gasteiger partial charge in [-0.05, 0) is 30.3 Å². The molecule has 2 aromatic rings. The van der Waals surface area contributed by atoms with Gasteiger partial charge in [0.1, 0.15) is 5.75 Å². The summed E-state index contributed by atoms with van der Waals surface area (Å²) in [4.78, 5) is 25.8. The van der Waals surface area contributed by atoms with E-state index in [1.54, 1.807) is 24.3 Å². The lowest BCUT2D eigenvalue weighted by molar-refractivity contribution is -0.154. The van der Waals surface area contributed by atoms with Crippen LogP contribution in [0.1, 0.15) is 0 Å². The minimum Gasteiger partial charge on any atom is -0.480 e. The van der Waals surface area contributed by atoms with Crippen molar-refractivity contribution in [2.24, 2.45) is 0 Å². The Bertz CT molecular complexity index is 1040. The molecule has 1 fully saturated rings. The van der Waals surface area contributed by atoms with E-state index in [1.807, 2.05) is 0 Å². The molecule has 1 heterocycles. The Morgan fingerprint density at radius 1 is 0.935 bits per heavy atom. The van der Waals surface area contributed by atoms with Crippen molar-refractivity contribution in [3.63, 3.8) is 0 Å². The van der Waals surface area contributed by atoms with E-state index in [0.29, 0.717) is 5.02 Å². The quantitative estimate of drug-likeness (QED) is 0.558. The number of nitrogens with zero attached hydrogens (tertiary/aromatic N) is 2. The Balaban J connectivity index is 1.43. The number of benzene rings is 2. The van der Waals surface area contributed by atoms with Crippen molar-refractivity contribution in [2.45, 2.75) is 4.90 Å². The van der Waals surface area contributed by atoms with Crippen molar-refractivity contribution in [1.82, 2.24) is 9.21 Å². The van der Waals surface area contributed by atoms with Crippen LogP contribution in [0.15, 0.2) is 53.4 Å². The molecule has 0 unspecified atom stereocenters. The maximum Gasteiger partial charge on any atom is 0.344 e. The van der Waals surface area contributed by atoms with Crippen molar-refractivity contribution < 1.29 is 27.5 Å². The molecule has 0 radical (unpaired) electrons. The van der Waals surface area contributed by atoms with E-state index < -0.39 is 35.1 Å². The average molecular weight is 487 g/mol. The molecule has 1 saturated heterocycles.